The van der Waals surface area contributed by atoms with Crippen LogP contribution in [0.15, 0.2) is 0 Å². The topological polar surface area (TPSA) is 37.4 Å². The standard InChI is InChI=1S/C11H19NO2/c1-3-10(13)12(11(14)4-2)9-7-5-6-8-9/h9H,3-8H2,1-2H3. The Balaban J connectivity index is 2.69. The van der Waals surface area contributed by atoms with Gasteiger partial charge in [0, 0.05) is 18.9 Å². The smallest absolute Gasteiger partial charge is 0.229 e. The zero-order chi connectivity index (χ0) is 10.6. The zero-order valence-corrected chi connectivity index (χ0v) is 9.08. The average Bonchev–Trinajstić information content (AvgIpc) is 2.70. The van der Waals surface area contributed by atoms with E-state index in [-0.39, 0.29) is 17.9 Å². The minimum atomic E-state index is -0.0104. The van der Waals surface area contributed by atoms with Crippen molar-refractivity contribution in [3.8, 4) is 0 Å². The normalized spacial score (nSPS) is 17.0. The Morgan fingerprint density at radius 1 is 1.07 bits per heavy atom. The lowest BCUT2D eigenvalue weighted by Crippen LogP contribution is -2.42. The number of amides is 2. The molecule has 0 aliphatic heterocycles. The first kappa shape index (κ1) is 11.2. The Hall–Kier alpha value is -0.860. The number of carbonyl (C=O) groups is 2. The summed E-state index contributed by atoms with van der Waals surface area (Å²) >= 11 is 0. The Labute approximate surface area is 85.5 Å². The summed E-state index contributed by atoms with van der Waals surface area (Å²) in [6.07, 6.45) is 5.16. The number of rotatable bonds is 3. The van der Waals surface area contributed by atoms with Crippen LogP contribution in [-0.4, -0.2) is 22.8 Å². The predicted molar refractivity (Wildman–Crippen MR) is 54.7 cm³/mol. The van der Waals surface area contributed by atoms with E-state index in [2.05, 4.69) is 0 Å². The molecule has 3 heteroatoms. The second-order valence-electron chi connectivity index (χ2n) is 3.80. The van der Waals surface area contributed by atoms with Gasteiger partial charge in [0.1, 0.15) is 0 Å². The maximum atomic E-state index is 11.6. The van der Waals surface area contributed by atoms with E-state index in [1.54, 1.807) is 0 Å². The molecule has 2 amide bonds. The van der Waals surface area contributed by atoms with E-state index in [4.69, 9.17) is 0 Å². The third-order valence-electron chi connectivity index (χ3n) is 2.83. The third-order valence-corrected chi connectivity index (χ3v) is 2.83. The van der Waals surface area contributed by atoms with Crippen molar-refractivity contribution in [2.24, 2.45) is 0 Å². The first-order chi connectivity index (χ1) is 6.70. The van der Waals surface area contributed by atoms with E-state index in [1.165, 1.54) is 4.90 Å². The molecule has 0 aromatic carbocycles. The van der Waals surface area contributed by atoms with Gasteiger partial charge < -0.3 is 0 Å². The van der Waals surface area contributed by atoms with Crippen LogP contribution in [0.1, 0.15) is 52.4 Å². The molecule has 1 rings (SSSR count). The van der Waals surface area contributed by atoms with E-state index in [1.807, 2.05) is 13.8 Å². The molecule has 0 radical (unpaired) electrons. The molecule has 80 valence electrons. The molecule has 0 heterocycles. The summed E-state index contributed by atoms with van der Waals surface area (Å²) in [5, 5.41) is 0. The van der Waals surface area contributed by atoms with Gasteiger partial charge in [-0.05, 0) is 12.8 Å². The van der Waals surface area contributed by atoms with E-state index >= 15 is 0 Å². The monoisotopic (exact) mass is 197 g/mol. The second kappa shape index (κ2) is 5.13. The van der Waals surface area contributed by atoms with E-state index < -0.39 is 0 Å². The van der Waals surface area contributed by atoms with Gasteiger partial charge >= 0.3 is 0 Å². The van der Waals surface area contributed by atoms with Crippen LogP contribution in [0, 0.1) is 0 Å². The van der Waals surface area contributed by atoms with Gasteiger partial charge in [0.2, 0.25) is 11.8 Å². The van der Waals surface area contributed by atoms with Crippen LogP contribution in [0.25, 0.3) is 0 Å². The summed E-state index contributed by atoms with van der Waals surface area (Å²) in [6, 6.07) is 0.190. The van der Waals surface area contributed by atoms with Crippen molar-refractivity contribution < 1.29 is 9.59 Å². The molecule has 0 saturated heterocycles. The Morgan fingerprint density at radius 3 is 1.86 bits per heavy atom. The van der Waals surface area contributed by atoms with Crippen LogP contribution in [0.3, 0.4) is 0 Å². The fourth-order valence-corrected chi connectivity index (χ4v) is 2.05. The quantitative estimate of drug-likeness (QED) is 0.694. The number of carbonyl (C=O) groups excluding carboxylic acids is 2. The average molecular weight is 197 g/mol. The van der Waals surface area contributed by atoms with Gasteiger partial charge in [-0.2, -0.15) is 0 Å². The van der Waals surface area contributed by atoms with Crippen LogP contribution >= 0.6 is 0 Å². The van der Waals surface area contributed by atoms with Gasteiger partial charge in [0.05, 0.1) is 0 Å². The largest absolute Gasteiger partial charge is 0.280 e. The van der Waals surface area contributed by atoms with Crippen LogP contribution in [0.5, 0.6) is 0 Å². The maximum absolute atomic E-state index is 11.6. The summed E-state index contributed by atoms with van der Waals surface area (Å²) in [4.78, 5) is 24.7. The number of hydrogen-bond acceptors (Lipinski definition) is 2. The first-order valence-corrected chi connectivity index (χ1v) is 5.55. The van der Waals surface area contributed by atoms with Crippen molar-refractivity contribution in [2.45, 2.75) is 58.4 Å². The Morgan fingerprint density at radius 2 is 1.50 bits per heavy atom. The molecule has 0 atom stereocenters. The Bertz CT molecular complexity index is 203. The molecule has 0 aromatic heterocycles. The molecular formula is C11H19NO2. The molecule has 0 aromatic rings. The molecule has 14 heavy (non-hydrogen) atoms. The van der Waals surface area contributed by atoms with Crippen LogP contribution in [-0.2, 0) is 9.59 Å². The van der Waals surface area contributed by atoms with Gasteiger partial charge in [0.25, 0.3) is 0 Å². The van der Waals surface area contributed by atoms with Crippen LogP contribution in [0.2, 0.25) is 0 Å². The van der Waals surface area contributed by atoms with Gasteiger partial charge in [-0.15, -0.1) is 0 Å². The van der Waals surface area contributed by atoms with Crippen molar-refractivity contribution in [3.63, 3.8) is 0 Å². The van der Waals surface area contributed by atoms with Crippen LogP contribution in [0.4, 0.5) is 0 Å². The lowest BCUT2D eigenvalue weighted by molar-refractivity contribution is -0.147. The molecule has 1 aliphatic rings. The summed E-state index contributed by atoms with van der Waals surface area (Å²) in [7, 11) is 0. The number of nitrogens with zero attached hydrogens (tertiary/aromatic N) is 1. The van der Waals surface area contributed by atoms with Crippen molar-refractivity contribution in [1.29, 1.82) is 0 Å². The van der Waals surface area contributed by atoms with Crippen molar-refractivity contribution in [1.82, 2.24) is 4.90 Å². The molecule has 0 bridgehead atoms. The first-order valence-electron chi connectivity index (χ1n) is 5.55. The van der Waals surface area contributed by atoms with E-state index in [0.29, 0.717) is 12.8 Å². The summed E-state index contributed by atoms with van der Waals surface area (Å²) < 4.78 is 0. The molecule has 0 spiro atoms. The molecule has 1 fully saturated rings. The third kappa shape index (κ3) is 2.34. The van der Waals surface area contributed by atoms with Crippen LogP contribution < -0.4 is 0 Å². The minimum absolute atomic E-state index is 0.0104. The van der Waals surface area contributed by atoms with E-state index in [9.17, 15) is 9.59 Å². The van der Waals surface area contributed by atoms with Crippen molar-refractivity contribution in [2.75, 3.05) is 0 Å². The van der Waals surface area contributed by atoms with Gasteiger partial charge in [-0.25, -0.2) is 0 Å². The molecule has 0 unspecified atom stereocenters. The fraction of sp³-hybridized carbons (Fsp3) is 0.818. The summed E-state index contributed by atoms with van der Waals surface area (Å²) in [5.41, 5.74) is 0. The number of imide groups is 1. The van der Waals surface area contributed by atoms with Gasteiger partial charge in [-0.1, -0.05) is 26.7 Å². The fourth-order valence-electron chi connectivity index (χ4n) is 2.05. The van der Waals surface area contributed by atoms with Gasteiger partial charge in [0.15, 0.2) is 0 Å². The molecule has 0 N–H and O–H groups in total. The highest BCUT2D eigenvalue weighted by atomic mass is 16.2. The lowest BCUT2D eigenvalue weighted by Gasteiger charge is -2.26. The number of hydrogen-bond donors (Lipinski definition) is 0. The Kier molecular flexibility index (Phi) is 4.11. The van der Waals surface area contributed by atoms with E-state index in [0.717, 1.165) is 25.7 Å². The predicted octanol–water partition coefficient (Wildman–Crippen LogP) is 2.10. The molecular weight excluding hydrogens is 178 g/mol. The molecule has 3 nitrogen and oxygen atoms in total. The SMILES string of the molecule is CCC(=O)N(C(=O)CC)C1CCCC1. The van der Waals surface area contributed by atoms with Crippen molar-refractivity contribution in [3.05, 3.63) is 0 Å². The zero-order valence-electron chi connectivity index (χ0n) is 9.08. The lowest BCUT2D eigenvalue weighted by atomic mass is 10.2. The minimum Gasteiger partial charge on any atom is -0.280 e. The second-order valence-corrected chi connectivity index (χ2v) is 3.80. The summed E-state index contributed by atoms with van der Waals surface area (Å²) in [5.74, 6) is -0.0208. The highest BCUT2D eigenvalue weighted by Gasteiger charge is 2.29. The molecule has 1 saturated carbocycles. The highest BCUT2D eigenvalue weighted by molar-refractivity contribution is 5.95. The summed E-state index contributed by atoms with van der Waals surface area (Å²) in [6.45, 7) is 3.63. The van der Waals surface area contributed by atoms with Gasteiger partial charge in [-0.3, -0.25) is 14.5 Å². The molecule has 1 aliphatic carbocycles. The maximum Gasteiger partial charge on any atom is 0.229 e. The van der Waals surface area contributed by atoms with Crippen molar-refractivity contribution >= 4 is 11.8 Å². The highest BCUT2D eigenvalue weighted by Crippen LogP contribution is 2.24.